The lowest BCUT2D eigenvalue weighted by atomic mass is 9.46. The third-order valence-corrected chi connectivity index (χ3v) is 10.8. The van der Waals surface area contributed by atoms with Gasteiger partial charge in [-0.3, -0.25) is 4.79 Å². The number of epoxide rings is 1. The van der Waals surface area contributed by atoms with Crippen LogP contribution < -0.4 is 0 Å². The third kappa shape index (κ3) is 3.09. The fraction of sp³-hybridized carbons (Fsp3) is 0.889. The highest BCUT2D eigenvalue weighted by molar-refractivity contribution is 5.91. The molecule has 30 heavy (non-hydrogen) atoms. The molecule has 3 saturated carbocycles. The van der Waals surface area contributed by atoms with Crippen LogP contribution in [0.3, 0.4) is 0 Å². The number of carbonyl (C=O) groups excluding carboxylic acids is 1. The Morgan fingerprint density at radius 2 is 1.87 bits per heavy atom. The number of ether oxygens (including phenoxy) is 1. The van der Waals surface area contributed by atoms with Crippen LogP contribution in [-0.4, -0.2) is 28.7 Å². The van der Waals surface area contributed by atoms with Gasteiger partial charge in [0.1, 0.15) is 0 Å². The highest BCUT2D eigenvalue weighted by Crippen LogP contribution is 2.67. The maximum atomic E-state index is 12.1. The fourth-order valence-corrected chi connectivity index (χ4v) is 8.94. The molecular weight excluding hydrogens is 372 g/mol. The molecule has 4 aliphatic carbocycles. The zero-order valence-corrected chi connectivity index (χ0v) is 19.7. The molecule has 168 valence electrons. The fourth-order valence-electron chi connectivity index (χ4n) is 8.94. The predicted molar refractivity (Wildman–Crippen MR) is 119 cm³/mol. The third-order valence-electron chi connectivity index (χ3n) is 10.8. The average molecular weight is 415 g/mol. The van der Waals surface area contributed by atoms with Crippen molar-refractivity contribution in [3.8, 4) is 0 Å². The standard InChI is InChI=1S/C27H42O3/c1-16(6-9-24-25(2,3)30-24)19-7-8-20-18-15-23(29)22-14-17(28)10-12-27(22,5)21(18)11-13-26(19,20)4/h14,16,18-21,23-24,29H,6-13,15H2,1-5H3/t16-,18+,19-,20+,21+,23-,24?,26-,27-/m1/s1. The Balaban J connectivity index is 1.33. The van der Waals surface area contributed by atoms with Gasteiger partial charge in [-0.25, -0.2) is 0 Å². The minimum absolute atomic E-state index is 0.0379. The Hall–Kier alpha value is -0.670. The first-order valence-corrected chi connectivity index (χ1v) is 12.7. The molecule has 3 heteroatoms. The van der Waals surface area contributed by atoms with Gasteiger partial charge in [0.15, 0.2) is 5.78 Å². The van der Waals surface area contributed by atoms with Crippen LogP contribution in [0.25, 0.3) is 0 Å². The van der Waals surface area contributed by atoms with Crippen molar-refractivity contribution in [2.45, 2.75) is 110 Å². The maximum absolute atomic E-state index is 12.1. The van der Waals surface area contributed by atoms with E-state index in [1.165, 1.54) is 38.5 Å². The molecule has 0 aromatic carbocycles. The number of carbonyl (C=O) groups is 1. The molecule has 0 radical (unpaired) electrons. The molecule has 0 spiro atoms. The number of ketones is 1. The second-order valence-electron chi connectivity index (χ2n) is 12.6. The molecule has 1 heterocycles. The SMILES string of the molecule is C[C@H](CCC1OC1(C)C)[C@H]1CC[C@H]2[C@@H]3C[C@@H](O)C4=CC(=O)CC[C@]4(C)[C@H]3CC[C@]12C. The molecule has 0 amide bonds. The van der Waals surface area contributed by atoms with Crippen molar-refractivity contribution in [2.75, 3.05) is 0 Å². The Kier molecular flexibility index (Phi) is 4.88. The molecular formula is C27H42O3. The van der Waals surface area contributed by atoms with Crippen LogP contribution in [0.5, 0.6) is 0 Å². The van der Waals surface area contributed by atoms with E-state index in [1.54, 1.807) is 0 Å². The Bertz CT molecular complexity index is 753. The minimum atomic E-state index is -0.409. The van der Waals surface area contributed by atoms with Gasteiger partial charge in [-0.15, -0.1) is 0 Å². The Labute approximate surface area is 183 Å². The van der Waals surface area contributed by atoms with E-state index in [-0.39, 0.29) is 16.8 Å². The first-order valence-electron chi connectivity index (χ1n) is 12.7. The Morgan fingerprint density at radius 3 is 2.57 bits per heavy atom. The van der Waals surface area contributed by atoms with E-state index in [1.807, 2.05) is 6.08 Å². The summed E-state index contributed by atoms with van der Waals surface area (Å²) in [5, 5.41) is 11.1. The molecule has 0 aromatic rings. The lowest BCUT2D eigenvalue weighted by molar-refractivity contribution is -0.119. The van der Waals surface area contributed by atoms with Crippen LogP contribution in [0.2, 0.25) is 0 Å². The number of hydrogen-bond donors (Lipinski definition) is 1. The van der Waals surface area contributed by atoms with Gasteiger partial charge >= 0.3 is 0 Å². The van der Waals surface area contributed by atoms with Gasteiger partial charge in [0, 0.05) is 6.42 Å². The van der Waals surface area contributed by atoms with Crippen LogP contribution in [0, 0.1) is 40.4 Å². The topological polar surface area (TPSA) is 49.8 Å². The van der Waals surface area contributed by atoms with Gasteiger partial charge in [-0.05, 0) is 117 Å². The van der Waals surface area contributed by atoms with Crippen molar-refractivity contribution in [3.05, 3.63) is 11.6 Å². The zero-order chi connectivity index (χ0) is 21.5. The summed E-state index contributed by atoms with van der Waals surface area (Å²) in [4.78, 5) is 12.1. The van der Waals surface area contributed by atoms with E-state index in [0.717, 1.165) is 36.2 Å². The predicted octanol–water partition coefficient (Wildman–Crippen LogP) is 5.70. The normalized spacial score (nSPS) is 50.2. The van der Waals surface area contributed by atoms with E-state index in [9.17, 15) is 9.90 Å². The zero-order valence-electron chi connectivity index (χ0n) is 19.7. The second kappa shape index (κ2) is 6.91. The van der Waals surface area contributed by atoms with Crippen molar-refractivity contribution in [1.82, 2.24) is 0 Å². The highest BCUT2D eigenvalue weighted by atomic mass is 16.6. The van der Waals surface area contributed by atoms with Crippen molar-refractivity contribution in [3.63, 3.8) is 0 Å². The quantitative estimate of drug-likeness (QED) is 0.600. The summed E-state index contributed by atoms with van der Waals surface area (Å²) in [6.45, 7) is 11.9. The monoisotopic (exact) mass is 414 g/mol. The molecule has 1 unspecified atom stereocenters. The number of aliphatic hydroxyl groups excluding tert-OH is 1. The molecule has 1 saturated heterocycles. The van der Waals surface area contributed by atoms with E-state index in [0.29, 0.717) is 29.8 Å². The molecule has 0 aromatic heterocycles. The first-order chi connectivity index (χ1) is 14.1. The lowest BCUT2D eigenvalue weighted by Crippen LogP contribution is -2.54. The summed E-state index contributed by atoms with van der Waals surface area (Å²) in [5.74, 6) is 3.79. The summed E-state index contributed by atoms with van der Waals surface area (Å²) in [5.41, 5.74) is 1.64. The number of fused-ring (bicyclic) bond motifs is 5. The summed E-state index contributed by atoms with van der Waals surface area (Å²) in [7, 11) is 0. The van der Waals surface area contributed by atoms with Gasteiger partial charge < -0.3 is 9.84 Å². The van der Waals surface area contributed by atoms with E-state index in [2.05, 4.69) is 34.6 Å². The summed E-state index contributed by atoms with van der Waals surface area (Å²) >= 11 is 0. The minimum Gasteiger partial charge on any atom is -0.389 e. The molecule has 5 aliphatic rings. The first kappa shape index (κ1) is 21.2. The summed E-state index contributed by atoms with van der Waals surface area (Å²) in [6, 6.07) is 0. The molecule has 9 atom stereocenters. The second-order valence-corrected chi connectivity index (χ2v) is 12.6. The van der Waals surface area contributed by atoms with Crippen molar-refractivity contribution < 1.29 is 14.6 Å². The molecule has 1 aliphatic heterocycles. The number of hydrogen-bond acceptors (Lipinski definition) is 3. The largest absolute Gasteiger partial charge is 0.389 e. The molecule has 0 bridgehead atoms. The van der Waals surface area contributed by atoms with Gasteiger partial charge in [-0.2, -0.15) is 0 Å². The Morgan fingerprint density at radius 1 is 1.13 bits per heavy atom. The molecule has 3 nitrogen and oxygen atoms in total. The smallest absolute Gasteiger partial charge is 0.155 e. The van der Waals surface area contributed by atoms with E-state index in [4.69, 9.17) is 4.74 Å². The summed E-state index contributed by atoms with van der Waals surface area (Å²) < 4.78 is 5.84. The van der Waals surface area contributed by atoms with Crippen LogP contribution in [0.4, 0.5) is 0 Å². The van der Waals surface area contributed by atoms with Gasteiger partial charge in [0.2, 0.25) is 0 Å². The van der Waals surface area contributed by atoms with Crippen molar-refractivity contribution in [1.29, 1.82) is 0 Å². The lowest BCUT2D eigenvalue weighted by Gasteiger charge is -2.59. The van der Waals surface area contributed by atoms with Crippen molar-refractivity contribution in [2.24, 2.45) is 40.4 Å². The van der Waals surface area contributed by atoms with Gasteiger partial charge in [-0.1, -0.05) is 20.8 Å². The van der Waals surface area contributed by atoms with Crippen LogP contribution in [-0.2, 0) is 9.53 Å². The van der Waals surface area contributed by atoms with Crippen LogP contribution in [0.15, 0.2) is 11.6 Å². The van der Waals surface area contributed by atoms with Crippen LogP contribution in [0.1, 0.15) is 92.4 Å². The van der Waals surface area contributed by atoms with Gasteiger partial charge in [0.25, 0.3) is 0 Å². The number of aliphatic hydroxyl groups is 1. The van der Waals surface area contributed by atoms with E-state index < -0.39 is 6.10 Å². The maximum Gasteiger partial charge on any atom is 0.155 e. The molecule has 4 fully saturated rings. The molecule has 1 N–H and O–H groups in total. The van der Waals surface area contributed by atoms with Crippen LogP contribution >= 0.6 is 0 Å². The van der Waals surface area contributed by atoms with Gasteiger partial charge in [0.05, 0.1) is 17.8 Å². The molecule has 5 rings (SSSR count). The van der Waals surface area contributed by atoms with Crippen molar-refractivity contribution >= 4 is 5.78 Å². The average Bonchev–Trinajstić information content (AvgIpc) is 3.12. The number of rotatable bonds is 4. The highest BCUT2D eigenvalue weighted by Gasteiger charge is 2.61. The summed E-state index contributed by atoms with van der Waals surface area (Å²) in [6.07, 6.45) is 12.1. The van der Waals surface area contributed by atoms with E-state index >= 15 is 0 Å².